The molecule has 35 heavy (non-hydrogen) atoms. The van der Waals surface area contributed by atoms with Crippen molar-refractivity contribution in [3.8, 4) is 0 Å². The van der Waals surface area contributed by atoms with E-state index in [2.05, 4.69) is 127 Å². The van der Waals surface area contributed by atoms with Gasteiger partial charge in [0.1, 0.15) is 11.6 Å². The number of rotatable bonds is 1. The molecule has 0 saturated heterocycles. The molecule has 3 heterocycles. The number of nitrogens with zero attached hydrogens (tertiary/aromatic N) is 3. The van der Waals surface area contributed by atoms with Crippen LogP contribution in [0.3, 0.4) is 0 Å². The van der Waals surface area contributed by atoms with E-state index < -0.39 is 0 Å². The fourth-order valence-corrected chi connectivity index (χ4v) is 5.91. The minimum Gasteiger partial charge on any atom is -0.336 e. The molecule has 1 atom stereocenters. The topological polar surface area (TPSA) is 12.6 Å². The predicted octanol–water partition coefficient (Wildman–Crippen LogP) is 6.98. The van der Waals surface area contributed by atoms with Crippen molar-refractivity contribution in [1.82, 2.24) is 8.97 Å². The summed E-state index contributed by atoms with van der Waals surface area (Å²) in [5.41, 5.74) is 10.1. The maximum atomic E-state index is 3.62. The third-order valence-corrected chi connectivity index (χ3v) is 7.74. The van der Waals surface area contributed by atoms with E-state index >= 15 is 0 Å². The molecule has 1 radical (unpaired) electrons. The molecule has 0 saturated carbocycles. The van der Waals surface area contributed by atoms with E-state index in [1.54, 1.807) is 0 Å². The van der Waals surface area contributed by atoms with Gasteiger partial charge in [-0.1, -0.05) is 59.3 Å². The number of aromatic nitrogens is 2. The van der Waals surface area contributed by atoms with Crippen LogP contribution in [0.4, 0.5) is 5.69 Å². The van der Waals surface area contributed by atoms with Crippen LogP contribution in [-0.2, 0) is 19.5 Å². The number of hydrogen-bond donors (Lipinski definition) is 0. The Balaban J connectivity index is 0.00000229. The van der Waals surface area contributed by atoms with Crippen LogP contribution in [0.2, 0.25) is 0 Å². The summed E-state index contributed by atoms with van der Waals surface area (Å²) in [6.07, 6.45) is 2.47. The van der Waals surface area contributed by atoms with Crippen LogP contribution < -0.4 is 10.4 Å². The van der Waals surface area contributed by atoms with Gasteiger partial charge < -0.3 is 13.9 Å². The third kappa shape index (κ3) is 2.87. The largest absolute Gasteiger partial charge is 1.00 e. The predicted molar refractivity (Wildman–Crippen MR) is 143 cm³/mol. The van der Waals surface area contributed by atoms with Gasteiger partial charge in [-0.15, -0.1) is 23.6 Å². The number of hydrogen-bond acceptors (Lipinski definition) is 1. The molecule has 3 nitrogen and oxygen atoms in total. The Morgan fingerprint density at radius 1 is 0.743 bits per heavy atom. The molecule has 2 aromatic heterocycles. The number of fused-ring (bicyclic) bond motifs is 8. The fraction of sp³-hybridized carbons (Fsp3) is 0.161. The number of para-hydroxylation sites is 2. The van der Waals surface area contributed by atoms with Gasteiger partial charge in [0.25, 0.3) is 0 Å². The van der Waals surface area contributed by atoms with Crippen LogP contribution in [-0.4, -0.2) is 8.97 Å². The molecule has 173 valence electrons. The minimum absolute atomic E-state index is 0. The maximum absolute atomic E-state index is 3.62. The van der Waals surface area contributed by atoms with Crippen molar-refractivity contribution in [3.05, 3.63) is 101 Å². The SMILES string of the molecule is Cc1ccccc1N1C=c2n(c3c(C)c(C)ccc3c3[c-]ccc4c5ccccc5n2c34)[C@@H]1C.[Ru+]. The number of benzene rings is 4. The second-order valence-electron chi connectivity index (χ2n) is 9.55. The molecule has 0 fully saturated rings. The molecule has 4 heteroatoms. The molecule has 0 N–H and O–H groups in total. The van der Waals surface area contributed by atoms with Crippen molar-refractivity contribution in [2.75, 3.05) is 4.90 Å². The quantitative estimate of drug-likeness (QED) is 0.162. The summed E-state index contributed by atoms with van der Waals surface area (Å²) >= 11 is 0. The Bertz CT molecular complexity index is 1870. The van der Waals surface area contributed by atoms with Crippen molar-refractivity contribution in [2.24, 2.45) is 0 Å². The standard InChI is InChI=1S/C31H26N3.Ru/c1-19-16-17-26-25-13-9-12-24-23-11-6-8-15-28(23)34(31(24)25)29-18-32(27-14-7-5-10-20(27)2)22(4)33(29)30(26)21(19)3;/h5-12,14-18,22H,1-4H3;/q-1;+1/t22-;/m1./s1. The van der Waals surface area contributed by atoms with E-state index in [9.17, 15) is 0 Å². The van der Waals surface area contributed by atoms with Crippen molar-refractivity contribution in [2.45, 2.75) is 33.9 Å². The molecular weight excluding hydrogens is 515 g/mol. The normalized spacial score (nSPS) is 15.1. The summed E-state index contributed by atoms with van der Waals surface area (Å²) in [6.45, 7) is 8.97. The molecule has 0 spiro atoms. The smallest absolute Gasteiger partial charge is 0.336 e. The molecular formula is C31H26N3Ru. The van der Waals surface area contributed by atoms with Crippen molar-refractivity contribution < 1.29 is 19.5 Å². The van der Waals surface area contributed by atoms with Gasteiger partial charge in [0.15, 0.2) is 0 Å². The third-order valence-electron chi connectivity index (χ3n) is 7.74. The summed E-state index contributed by atoms with van der Waals surface area (Å²) < 4.78 is 4.99. The average molecular weight is 542 g/mol. The Labute approximate surface area is 217 Å². The summed E-state index contributed by atoms with van der Waals surface area (Å²) in [5, 5.41) is 4.98. The van der Waals surface area contributed by atoms with Crippen LogP contribution in [0, 0.1) is 26.8 Å². The van der Waals surface area contributed by atoms with Crippen LogP contribution in [0.15, 0.2) is 72.8 Å². The van der Waals surface area contributed by atoms with Gasteiger partial charge in [-0.3, -0.25) is 0 Å². The zero-order chi connectivity index (χ0) is 23.1. The summed E-state index contributed by atoms with van der Waals surface area (Å²) in [7, 11) is 0. The Kier molecular flexibility index (Phi) is 4.95. The second kappa shape index (κ2) is 7.83. The van der Waals surface area contributed by atoms with Gasteiger partial charge in [-0.25, -0.2) is 0 Å². The van der Waals surface area contributed by atoms with Crippen LogP contribution in [0.1, 0.15) is 29.8 Å². The van der Waals surface area contributed by atoms with Crippen LogP contribution in [0.5, 0.6) is 0 Å². The van der Waals surface area contributed by atoms with Gasteiger partial charge in [0.05, 0.1) is 0 Å². The maximum Gasteiger partial charge on any atom is 1.00 e. The average Bonchev–Trinajstić information content (AvgIpc) is 3.31. The molecule has 4 aromatic carbocycles. The first kappa shape index (κ1) is 22.1. The van der Waals surface area contributed by atoms with Gasteiger partial charge in [0.2, 0.25) is 0 Å². The first-order chi connectivity index (χ1) is 16.6. The van der Waals surface area contributed by atoms with Crippen LogP contribution >= 0.6 is 0 Å². The monoisotopic (exact) mass is 542 g/mol. The molecule has 1 aliphatic rings. The van der Waals surface area contributed by atoms with Crippen LogP contribution in [0.25, 0.3) is 44.3 Å². The molecule has 6 aromatic rings. The zero-order valence-corrected chi connectivity index (χ0v) is 22.0. The molecule has 1 aliphatic heterocycles. The van der Waals surface area contributed by atoms with Gasteiger partial charge in [-0.2, -0.15) is 0 Å². The number of aryl methyl sites for hydroxylation is 3. The molecule has 7 rings (SSSR count). The van der Waals surface area contributed by atoms with Crippen molar-refractivity contribution >= 4 is 50.0 Å². The minimum atomic E-state index is 0. The Morgan fingerprint density at radius 3 is 2.34 bits per heavy atom. The second-order valence-corrected chi connectivity index (χ2v) is 9.55. The van der Waals surface area contributed by atoms with E-state index in [4.69, 9.17) is 0 Å². The van der Waals surface area contributed by atoms with Crippen molar-refractivity contribution in [1.29, 1.82) is 0 Å². The van der Waals surface area contributed by atoms with E-state index in [0.717, 1.165) is 0 Å². The summed E-state index contributed by atoms with van der Waals surface area (Å²) in [6, 6.07) is 29.9. The van der Waals surface area contributed by atoms with Gasteiger partial charge in [-0.05, 0) is 67.4 Å². The number of anilines is 1. The molecule has 0 amide bonds. The van der Waals surface area contributed by atoms with Crippen molar-refractivity contribution in [3.63, 3.8) is 0 Å². The molecule has 0 bridgehead atoms. The summed E-state index contributed by atoms with van der Waals surface area (Å²) in [4.78, 5) is 2.43. The zero-order valence-electron chi connectivity index (χ0n) is 20.3. The molecule has 0 aliphatic carbocycles. The van der Waals surface area contributed by atoms with Gasteiger partial charge in [0, 0.05) is 22.9 Å². The van der Waals surface area contributed by atoms with E-state index in [0.29, 0.717) is 0 Å². The van der Waals surface area contributed by atoms with E-state index in [1.807, 2.05) is 0 Å². The molecule has 0 unspecified atom stereocenters. The first-order valence-electron chi connectivity index (χ1n) is 12.0. The van der Waals surface area contributed by atoms with Gasteiger partial charge >= 0.3 is 19.5 Å². The van der Waals surface area contributed by atoms with E-state index in [1.165, 1.54) is 66.0 Å². The Hall–Kier alpha value is -3.36. The first-order valence-corrected chi connectivity index (χ1v) is 12.0. The summed E-state index contributed by atoms with van der Waals surface area (Å²) in [5.74, 6) is 0. The van der Waals surface area contributed by atoms with E-state index in [-0.39, 0.29) is 25.6 Å². The Morgan fingerprint density at radius 2 is 1.51 bits per heavy atom. The fourth-order valence-electron chi connectivity index (χ4n) is 5.91.